The van der Waals surface area contributed by atoms with E-state index in [0.717, 1.165) is 6.61 Å². The Bertz CT molecular complexity index is 63.2. The highest BCUT2D eigenvalue weighted by atomic mass is 35.7. The van der Waals surface area contributed by atoms with E-state index < -0.39 is 7.42 Å². The lowest BCUT2D eigenvalue weighted by atomic mass is 10.4. The van der Waals surface area contributed by atoms with Gasteiger partial charge in [0.1, 0.15) is 0 Å². The summed E-state index contributed by atoms with van der Waals surface area (Å²) in [6, 6.07) is 0. The van der Waals surface area contributed by atoms with Gasteiger partial charge in [-0.2, -0.15) is 22.2 Å². The molecule has 1 aliphatic heterocycles. The second kappa shape index (κ2) is 5.53. The van der Waals surface area contributed by atoms with E-state index in [0.29, 0.717) is 6.10 Å². The molecule has 1 atom stereocenters. The van der Waals surface area contributed by atoms with E-state index in [4.69, 9.17) is 26.9 Å². The Kier molecular flexibility index (Phi) is 6.00. The van der Waals surface area contributed by atoms with E-state index in [-0.39, 0.29) is 0 Å². The average Bonchev–Trinajstić information content (AvgIpc) is 2.43. The van der Waals surface area contributed by atoms with Crippen molar-refractivity contribution >= 4 is 29.6 Å². The molecule has 0 spiro atoms. The van der Waals surface area contributed by atoms with Crippen LogP contribution in [0.15, 0.2) is 0 Å². The molecule has 0 aromatic rings. The van der Waals surface area contributed by atoms with Crippen LogP contribution in [-0.2, 0) is 4.74 Å². The molecular formula is C5H12Cl2OSi. The Morgan fingerprint density at radius 2 is 2.00 bits per heavy atom. The topological polar surface area (TPSA) is 12.5 Å². The van der Waals surface area contributed by atoms with E-state index in [9.17, 15) is 0 Å². The van der Waals surface area contributed by atoms with Crippen molar-refractivity contribution in [3.63, 3.8) is 0 Å². The molecule has 1 aliphatic rings. The lowest BCUT2D eigenvalue weighted by molar-refractivity contribution is 0.403. The minimum atomic E-state index is -1.19. The molecule has 1 saturated heterocycles. The predicted octanol–water partition coefficient (Wildman–Crippen LogP) is 2.11. The highest BCUT2D eigenvalue weighted by Gasteiger charge is 2.18. The fourth-order valence-corrected chi connectivity index (χ4v) is 0.304. The van der Waals surface area contributed by atoms with Crippen LogP contribution in [-0.4, -0.2) is 20.1 Å². The zero-order chi connectivity index (χ0) is 7.28. The largest absolute Gasteiger partial charge is 0.373 e. The quantitative estimate of drug-likeness (QED) is 0.348. The molecule has 9 heavy (non-hydrogen) atoms. The van der Waals surface area contributed by atoms with Gasteiger partial charge in [-0.3, -0.25) is 0 Å². The minimum absolute atomic E-state index is 0.634. The third kappa shape index (κ3) is 12.1. The van der Waals surface area contributed by atoms with E-state index in [1.807, 2.05) is 6.55 Å². The van der Waals surface area contributed by atoms with Gasteiger partial charge in [0.25, 0.3) is 0 Å². The zero-order valence-electron chi connectivity index (χ0n) is 5.73. The van der Waals surface area contributed by atoms with E-state index in [2.05, 4.69) is 6.92 Å². The fraction of sp³-hybridized carbons (Fsp3) is 1.00. The standard InChI is InChI=1S/C4H8O.CH4Cl2Si/c1-2-4-3-5-4;1-4(2)3/h4H,2-3H2,1H3;4H,1H3. The number of ether oxygens (including phenoxy) is 1. The predicted molar refractivity (Wildman–Crippen MR) is 44.8 cm³/mol. The van der Waals surface area contributed by atoms with Crippen molar-refractivity contribution in [1.82, 2.24) is 0 Å². The Labute approximate surface area is 67.3 Å². The zero-order valence-corrected chi connectivity index (χ0v) is 8.40. The summed E-state index contributed by atoms with van der Waals surface area (Å²) >= 11 is 10.4. The molecule has 0 aromatic heterocycles. The maximum Gasteiger partial charge on any atom is 0.234 e. The minimum Gasteiger partial charge on any atom is -0.373 e. The Morgan fingerprint density at radius 3 is 2.00 bits per heavy atom. The van der Waals surface area contributed by atoms with Crippen LogP contribution >= 0.6 is 22.2 Å². The van der Waals surface area contributed by atoms with Crippen LogP contribution in [0.2, 0.25) is 6.55 Å². The molecule has 1 nitrogen and oxygen atoms in total. The lowest BCUT2D eigenvalue weighted by Crippen LogP contribution is -1.73. The maximum absolute atomic E-state index is 5.18. The van der Waals surface area contributed by atoms with Gasteiger partial charge >= 0.3 is 0 Å². The summed E-state index contributed by atoms with van der Waals surface area (Å²) in [5, 5.41) is 0. The van der Waals surface area contributed by atoms with Gasteiger partial charge < -0.3 is 4.74 Å². The number of epoxide rings is 1. The molecule has 1 fully saturated rings. The lowest BCUT2D eigenvalue weighted by Gasteiger charge is -1.69. The van der Waals surface area contributed by atoms with Crippen LogP contribution in [0.25, 0.3) is 0 Å². The van der Waals surface area contributed by atoms with Gasteiger partial charge in [0.15, 0.2) is 0 Å². The molecule has 0 N–H and O–H groups in total. The van der Waals surface area contributed by atoms with Gasteiger partial charge in [-0.1, -0.05) is 6.92 Å². The first-order valence-electron chi connectivity index (χ1n) is 3.06. The Hall–Kier alpha value is 0.757. The smallest absolute Gasteiger partial charge is 0.234 e. The second-order valence-electron chi connectivity index (χ2n) is 1.88. The SMILES string of the molecule is CCC1CO1.C[SiH](Cl)Cl. The molecule has 4 heteroatoms. The normalized spacial score (nSPS) is 23.0. The molecule has 1 rings (SSSR count). The van der Waals surface area contributed by atoms with Crippen LogP contribution in [0.3, 0.4) is 0 Å². The maximum atomic E-state index is 5.18. The fourth-order valence-electron chi connectivity index (χ4n) is 0.304. The first kappa shape index (κ1) is 9.76. The molecule has 0 amide bonds. The molecule has 0 radical (unpaired) electrons. The van der Waals surface area contributed by atoms with Gasteiger partial charge in [0, 0.05) is 0 Å². The molecule has 0 aliphatic carbocycles. The molecule has 0 aromatic carbocycles. The van der Waals surface area contributed by atoms with E-state index >= 15 is 0 Å². The van der Waals surface area contributed by atoms with Crippen LogP contribution < -0.4 is 0 Å². The Morgan fingerprint density at radius 1 is 1.67 bits per heavy atom. The van der Waals surface area contributed by atoms with Crippen LogP contribution in [0.5, 0.6) is 0 Å². The number of hydrogen-bond donors (Lipinski definition) is 0. The molecule has 0 bridgehead atoms. The second-order valence-corrected chi connectivity index (χ2v) is 7.52. The highest BCUT2D eigenvalue weighted by Crippen LogP contribution is 2.10. The van der Waals surface area contributed by atoms with Gasteiger partial charge in [-0.15, -0.1) is 0 Å². The van der Waals surface area contributed by atoms with Crippen molar-refractivity contribution in [3.8, 4) is 0 Å². The van der Waals surface area contributed by atoms with Crippen LogP contribution in [0.4, 0.5) is 0 Å². The number of halogens is 2. The van der Waals surface area contributed by atoms with E-state index in [1.165, 1.54) is 6.42 Å². The van der Waals surface area contributed by atoms with Crippen molar-refractivity contribution in [2.24, 2.45) is 0 Å². The molecular weight excluding hydrogens is 175 g/mol. The van der Waals surface area contributed by atoms with Crippen molar-refractivity contribution < 1.29 is 4.74 Å². The van der Waals surface area contributed by atoms with Crippen LogP contribution in [0, 0.1) is 0 Å². The summed E-state index contributed by atoms with van der Waals surface area (Å²) in [4.78, 5) is 0. The van der Waals surface area contributed by atoms with Crippen molar-refractivity contribution in [2.75, 3.05) is 6.61 Å². The molecule has 1 unspecified atom stereocenters. The summed E-state index contributed by atoms with van der Waals surface area (Å²) < 4.78 is 4.86. The summed E-state index contributed by atoms with van der Waals surface area (Å²) in [5.74, 6) is 0. The van der Waals surface area contributed by atoms with Crippen molar-refractivity contribution in [3.05, 3.63) is 0 Å². The third-order valence-corrected chi connectivity index (χ3v) is 0.858. The first-order chi connectivity index (χ1) is 4.16. The summed E-state index contributed by atoms with van der Waals surface area (Å²) in [6.07, 6.45) is 1.83. The van der Waals surface area contributed by atoms with Gasteiger partial charge in [-0.05, 0) is 13.0 Å². The monoisotopic (exact) mass is 186 g/mol. The van der Waals surface area contributed by atoms with Gasteiger partial charge in [-0.25, -0.2) is 0 Å². The van der Waals surface area contributed by atoms with E-state index in [1.54, 1.807) is 0 Å². The Balaban J connectivity index is 0.000000148. The highest BCUT2D eigenvalue weighted by molar-refractivity contribution is 7.33. The molecule has 56 valence electrons. The number of hydrogen-bond acceptors (Lipinski definition) is 1. The summed E-state index contributed by atoms with van der Waals surface area (Å²) in [6.45, 7) is 4.98. The van der Waals surface area contributed by atoms with Crippen molar-refractivity contribution in [1.29, 1.82) is 0 Å². The van der Waals surface area contributed by atoms with Gasteiger partial charge in [0.05, 0.1) is 12.7 Å². The van der Waals surface area contributed by atoms with Gasteiger partial charge in [0.2, 0.25) is 7.42 Å². The summed E-state index contributed by atoms with van der Waals surface area (Å²) in [5.41, 5.74) is 0. The third-order valence-electron chi connectivity index (χ3n) is 0.858. The molecule has 0 saturated carbocycles. The number of rotatable bonds is 1. The molecule has 1 heterocycles. The first-order valence-corrected chi connectivity index (χ1v) is 7.71. The van der Waals surface area contributed by atoms with Crippen molar-refractivity contribution in [2.45, 2.75) is 26.0 Å². The summed E-state index contributed by atoms with van der Waals surface area (Å²) in [7, 11) is -1.19. The van der Waals surface area contributed by atoms with Crippen LogP contribution in [0.1, 0.15) is 13.3 Å². The average molecular weight is 187 g/mol.